The van der Waals surface area contributed by atoms with Gasteiger partial charge in [-0.2, -0.15) is 25.9 Å². The third-order valence-corrected chi connectivity index (χ3v) is 5.17. The van der Waals surface area contributed by atoms with E-state index in [2.05, 4.69) is 10.9 Å². The Balaban J connectivity index is 3.14. The SMILES string of the molecule is C=C(C)C(=O)Oc1cccc(S(=O)(=O)N(C)OS(=O)(=O)C(F)(F)F)c1. The largest absolute Gasteiger partial charge is 0.524 e. The summed E-state index contributed by atoms with van der Waals surface area (Å²) in [6.45, 7) is 4.66. The first-order valence-corrected chi connectivity index (χ1v) is 9.01. The van der Waals surface area contributed by atoms with Crippen molar-refractivity contribution in [3.05, 3.63) is 36.4 Å². The molecular weight excluding hydrogens is 391 g/mol. The van der Waals surface area contributed by atoms with E-state index in [0.29, 0.717) is 7.05 Å². The highest BCUT2D eigenvalue weighted by Gasteiger charge is 2.49. The summed E-state index contributed by atoms with van der Waals surface area (Å²) < 4.78 is 90.7. The molecule has 1 rings (SSSR count). The van der Waals surface area contributed by atoms with Crippen LogP contribution in [0.1, 0.15) is 6.92 Å². The molecule has 0 aromatic heterocycles. The van der Waals surface area contributed by atoms with Crippen LogP contribution in [0.2, 0.25) is 0 Å². The number of carbonyl (C=O) groups is 1. The molecule has 0 saturated heterocycles. The van der Waals surface area contributed by atoms with Crippen LogP contribution in [0.3, 0.4) is 0 Å². The van der Waals surface area contributed by atoms with E-state index >= 15 is 0 Å². The molecule has 25 heavy (non-hydrogen) atoms. The summed E-state index contributed by atoms with van der Waals surface area (Å²) in [5, 5.41) is 0. The maximum atomic E-state index is 12.3. The first-order chi connectivity index (χ1) is 11.2. The third-order valence-electron chi connectivity index (χ3n) is 2.49. The van der Waals surface area contributed by atoms with Gasteiger partial charge in [0.2, 0.25) is 0 Å². The van der Waals surface area contributed by atoms with Crippen molar-refractivity contribution >= 4 is 26.1 Å². The molecule has 8 nitrogen and oxygen atoms in total. The van der Waals surface area contributed by atoms with Crippen LogP contribution in [0.25, 0.3) is 0 Å². The predicted molar refractivity (Wildman–Crippen MR) is 77.9 cm³/mol. The first kappa shape index (κ1) is 21.1. The number of nitrogens with zero attached hydrogens (tertiary/aromatic N) is 1. The summed E-state index contributed by atoms with van der Waals surface area (Å²) >= 11 is 0. The van der Waals surface area contributed by atoms with Crippen molar-refractivity contribution in [1.29, 1.82) is 0 Å². The zero-order valence-corrected chi connectivity index (χ0v) is 14.4. The standard InChI is InChI=1S/C12H12F3NO7S2/c1-8(2)11(17)22-9-5-4-6-10(7-9)24(18,19)16(3)23-25(20,21)12(13,14)15/h4-7H,1H2,2-3H3. The lowest BCUT2D eigenvalue weighted by Crippen LogP contribution is -2.36. The number of hydroxylamine groups is 1. The smallest absolute Gasteiger partial charge is 0.423 e. The van der Waals surface area contributed by atoms with Crippen molar-refractivity contribution < 1.29 is 43.8 Å². The summed E-state index contributed by atoms with van der Waals surface area (Å²) in [5.41, 5.74) is -5.79. The van der Waals surface area contributed by atoms with E-state index in [1.807, 2.05) is 0 Å². The van der Waals surface area contributed by atoms with Crippen LogP contribution in [-0.4, -0.2) is 39.8 Å². The second-order valence-electron chi connectivity index (χ2n) is 4.53. The average molecular weight is 403 g/mol. The Morgan fingerprint density at radius 1 is 1.20 bits per heavy atom. The zero-order valence-electron chi connectivity index (χ0n) is 12.8. The quantitative estimate of drug-likeness (QED) is 0.233. The van der Waals surface area contributed by atoms with Gasteiger partial charge < -0.3 is 4.74 Å². The van der Waals surface area contributed by atoms with Gasteiger partial charge >= 0.3 is 21.6 Å². The second kappa shape index (κ2) is 7.11. The summed E-state index contributed by atoms with van der Waals surface area (Å²) in [5.74, 6) is -1.11. The molecule has 0 amide bonds. The van der Waals surface area contributed by atoms with Gasteiger partial charge in [-0.05, 0) is 19.1 Å². The van der Waals surface area contributed by atoms with E-state index < -0.39 is 41.0 Å². The van der Waals surface area contributed by atoms with Gasteiger partial charge in [-0.25, -0.2) is 13.2 Å². The van der Waals surface area contributed by atoms with Crippen LogP contribution < -0.4 is 4.74 Å². The van der Waals surface area contributed by atoms with E-state index in [9.17, 15) is 34.8 Å². The molecule has 0 aliphatic rings. The molecule has 140 valence electrons. The van der Waals surface area contributed by atoms with Crippen LogP contribution in [0, 0.1) is 0 Å². The number of rotatable bonds is 6. The van der Waals surface area contributed by atoms with Crippen LogP contribution in [0.4, 0.5) is 13.2 Å². The van der Waals surface area contributed by atoms with Crippen molar-refractivity contribution in [2.75, 3.05) is 7.05 Å². The number of alkyl halides is 3. The van der Waals surface area contributed by atoms with Gasteiger partial charge in [0, 0.05) is 18.7 Å². The number of benzene rings is 1. The Bertz CT molecular complexity index is 892. The summed E-state index contributed by atoms with van der Waals surface area (Å²) in [6, 6.07) is 4.07. The molecule has 0 fully saturated rings. The van der Waals surface area contributed by atoms with E-state index in [1.165, 1.54) is 13.0 Å². The zero-order chi connectivity index (χ0) is 19.6. The number of hydrogen-bond donors (Lipinski definition) is 0. The van der Waals surface area contributed by atoms with Crippen molar-refractivity contribution in [3.63, 3.8) is 0 Å². The average Bonchev–Trinajstić information content (AvgIpc) is 2.45. The molecule has 0 saturated carbocycles. The Kier molecular flexibility index (Phi) is 6.00. The Morgan fingerprint density at radius 2 is 1.76 bits per heavy atom. The Morgan fingerprint density at radius 3 is 2.24 bits per heavy atom. The molecular formula is C12H12F3NO7S2. The van der Waals surface area contributed by atoms with E-state index in [1.54, 1.807) is 0 Å². The van der Waals surface area contributed by atoms with Crippen LogP contribution in [0.5, 0.6) is 5.75 Å². The van der Waals surface area contributed by atoms with E-state index in [0.717, 1.165) is 18.2 Å². The van der Waals surface area contributed by atoms with Gasteiger partial charge in [-0.1, -0.05) is 17.1 Å². The van der Waals surface area contributed by atoms with E-state index in [4.69, 9.17) is 4.74 Å². The minimum atomic E-state index is -6.18. The normalized spacial score (nSPS) is 12.9. The number of esters is 1. The van der Waals surface area contributed by atoms with Crippen LogP contribution in [0.15, 0.2) is 41.3 Å². The molecule has 1 aromatic carbocycles. The van der Waals surface area contributed by atoms with E-state index in [-0.39, 0.29) is 11.3 Å². The van der Waals surface area contributed by atoms with Gasteiger partial charge in [0.25, 0.3) is 10.0 Å². The summed E-state index contributed by atoms with van der Waals surface area (Å²) in [7, 11) is -10.5. The van der Waals surface area contributed by atoms with Crippen molar-refractivity contribution in [2.45, 2.75) is 17.3 Å². The highest BCUT2D eigenvalue weighted by molar-refractivity contribution is 7.91. The van der Waals surface area contributed by atoms with Crippen LogP contribution in [-0.2, 0) is 29.2 Å². The number of hydrogen-bond acceptors (Lipinski definition) is 7. The minimum absolute atomic E-state index is 0.0185. The molecule has 13 heteroatoms. The predicted octanol–water partition coefficient (Wildman–Crippen LogP) is 1.57. The fraction of sp³-hybridized carbons (Fsp3) is 0.250. The number of carbonyl (C=O) groups excluding carboxylic acids is 1. The topological polar surface area (TPSA) is 107 Å². The molecule has 0 unspecified atom stereocenters. The minimum Gasteiger partial charge on any atom is -0.423 e. The fourth-order valence-electron chi connectivity index (χ4n) is 1.26. The lowest BCUT2D eigenvalue weighted by molar-refractivity contribution is -0.130. The highest BCUT2D eigenvalue weighted by atomic mass is 32.2. The van der Waals surface area contributed by atoms with Crippen molar-refractivity contribution in [3.8, 4) is 5.75 Å². The summed E-state index contributed by atoms with van der Waals surface area (Å²) in [6.07, 6.45) is 0. The molecule has 0 atom stereocenters. The summed E-state index contributed by atoms with van der Waals surface area (Å²) in [4.78, 5) is 10.7. The molecule has 0 N–H and O–H groups in total. The molecule has 1 aromatic rings. The second-order valence-corrected chi connectivity index (χ2v) is 7.99. The van der Waals surface area contributed by atoms with Gasteiger partial charge in [0.1, 0.15) is 5.75 Å². The lowest BCUT2D eigenvalue weighted by Gasteiger charge is -2.17. The molecule has 0 bridgehead atoms. The molecule has 0 heterocycles. The highest BCUT2D eigenvalue weighted by Crippen LogP contribution is 2.28. The maximum absolute atomic E-state index is 12.3. The monoisotopic (exact) mass is 403 g/mol. The molecule has 0 aliphatic heterocycles. The van der Waals surface area contributed by atoms with Crippen molar-refractivity contribution in [2.24, 2.45) is 0 Å². The molecule has 0 spiro atoms. The van der Waals surface area contributed by atoms with Crippen LogP contribution >= 0.6 is 0 Å². The number of sulfonamides is 1. The van der Waals surface area contributed by atoms with Gasteiger partial charge in [0.15, 0.2) is 0 Å². The Labute approximate surface area is 141 Å². The molecule has 0 radical (unpaired) electrons. The third kappa shape index (κ3) is 5.01. The van der Waals surface area contributed by atoms with Gasteiger partial charge in [-0.3, -0.25) is 0 Å². The fourth-order valence-corrected chi connectivity index (χ4v) is 3.00. The molecule has 0 aliphatic carbocycles. The van der Waals surface area contributed by atoms with Gasteiger partial charge in [0.05, 0.1) is 4.90 Å². The first-order valence-electron chi connectivity index (χ1n) is 6.16. The number of ether oxygens (including phenoxy) is 1. The van der Waals surface area contributed by atoms with Gasteiger partial charge in [-0.15, -0.1) is 0 Å². The van der Waals surface area contributed by atoms with Crippen molar-refractivity contribution in [1.82, 2.24) is 4.47 Å². The maximum Gasteiger partial charge on any atom is 0.524 e. The Hall–Kier alpha value is -1.96. The number of halogens is 3. The lowest BCUT2D eigenvalue weighted by atomic mass is 10.3.